The van der Waals surface area contributed by atoms with Gasteiger partial charge in [-0.15, -0.1) is 0 Å². The van der Waals surface area contributed by atoms with Crippen LogP contribution >= 0.6 is 0 Å². The van der Waals surface area contributed by atoms with Gasteiger partial charge >= 0.3 is 0 Å². The van der Waals surface area contributed by atoms with Crippen molar-refractivity contribution in [2.24, 2.45) is 0 Å². The van der Waals surface area contributed by atoms with Crippen LogP contribution in [-0.4, -0.2) is 28.3 Å². The van der Waals surface area contributed by atoms with Crippen LogP contribution in [-0.2, 0) is 0 Å². The van der Waals surface area contributed by atoms with Crippen molar-refractivity contribution in [2.45, 2.75) is 31.2 Å². The van der Waals surface area contributed by atoms with Gasteiger partial charge < -0.3 is 14.9 Å². The van der Waals surface area contributed by atoms with Crippen LogP contribution in [0.5, 0.6) is 0 Å². The number of halogens is 1. The van der Waals surface area contributed by atoms with Crippen molar-refractivity contribution in [1.29, 1.82) is 0 Å². The van der Waals surface area contributed by atoms with Crippen molar-refractivity contribution in [2.75, 3.05) is 6.61 Å². The van der Waals surface area contributed by atoms with E-state index in [1.807, 2.05) is 0 Å². The molecular weight excluding hydrogens is 287 g/mol. The summed E-state index contributed by atoms with van der Waals surface area (Å²) in [6.07, 6.45) is 3.50. The SMILES string of the molecule is O=C(NC1(CO)CCCC1)c1cc(-c2ccc(F)cc2)on1. The van der Waals surface area contributed by atoms with Crippen molar-refractivity contribution < 1.29 is 18.8 Å². The number of rotatable bonds is 4. The van der Waals surface area contributed by atoms with E-state index in [9.17, 15) is 14.3 Å². The standard InChI is InChI=1S/C16H17FN2O3/c17-12-5-3-11(4-6-12)14-9-13(19-22-14)15(21)18-16(10-20)7-1-2-8-16/h3-6,9,20H,1-2,7-8,10H2,(H,18,21). The molecule has 1 aliphatic rings. The van der Waals surface area contributed by atoms with Crippen LogP contribution in [0.4, 0.5) is 4.39 Å². The molecule has 1 fully saturated rings. The summed E-state index contributed by atoms with van der Waals surface area (Å²) < 4.78 is 18.1. The van der Waals surface area contributed by atoms with E-state index in [-0.39, 0.29) is 24.0 Å². The van der Waals surface area contributed by atoms with Gasteiger partial charge in [-0.2, -0.15) is 0 Å². The highest BCUT2D eigenvalue weighted by Crippen LogP contribution is 2.29. The number of nitrogens with zero attached hydrogens (tertiary/aromatic N) is 1. The molecule has 1 aliphatic carbocycles. The molecule has 1 aromatic carbocycles. The van der Waals surface area contributed by atoms with E-state index in [0.717, 1.165) is 25.7 Å². The van der Waals surface area contributed by atoms with Crippen molar-refractivity contribution in [3.8, 4) is 11.3 Å². The van der Waals surface area contributed by atoms with Gasteiger partial charge in [0.2, 0.25) is 0 Å². The van der Waals surface area contributed by atoms with Crippen molar-refractivity contribution in [3.05, 3.63) is 41.8 Å². The summed E-state index contributed by atoms with van der Waals surface area (Å²) in [5.41, 5.74) is 0.247. The Hall–Kier alpha value is -2.21. The second-order valence-electron chi connectivity index (χ2n) is 5.68. The van der Waals surface area contributed by atoms with E-state index in [4.69, 9.17) is 4.52 Å². The fourth-order valence-electron chi connectivity index (χ4n) is 2.81. The maximum Gasteiger partial charge on any atom is 0.273 e. The molecule has 1 aromatic heterocycles. The largest absolute Gasteiger partial charge is 0.394 e. The number of hydrogen-bond donors (Lipinski definition) is 2. The molecule has 22 heavy (non-hydrogen) atoms. The number of aliphatic hydroxyl groups is 1. The lowest BCUT2D eigenvalue weighted by Gasteiger charge is -2.27. The molecule has 2 N–H and O–H groups in total. The Morgan fingerprint density at radius 2 is 2.00 bits per heavy atom. The molecule has 0 atom stereocenters. The molecule has 3 rings (SSSR count). The van der Waals surface area contributed by atoms with E-state index in [0.29, 0.717) is 11.3 Å². The van der Waals surface area contributed by atoms with Gasteiger partial charge in [-0.3, -0.25) is 4.79 Å². The summed E-state index contributed by atoms with van der Waals surface area (Å²) in [4.78, 5) is 12.3. The normalized spacial score (nSPS) is 16.6. The molecule has 0 spiro atoms. The molecule has 1 saturated carbocycles. The topological polar surface area (TPSA) is 75.4 Å². The van der Waals surface area contributed by atoms with Crippen molar-refractivity contribution in [3.63, 3.8) is 0 Å². The molecule has 0 unspecified atom stereocenters. The number of aromatic nitrogens is 1. The number of nitrogens with one attached hydrogen (secondary N) is 1. The Balaban J connectivity index is 1.75. The second-order valence-corrected chi connectivity index (χ2v) is 5.68. The summed E-state index contributed by atoms with van der Waals surface area (Å²) >= 11 is 0. The van der Waals surface area contributed by atoms with Crippen LogP contribution in [0.2, 0.25) is 0 Å². The molecule has 1 amide bonds. The lowest BCUT2D eigenvalue weighted by atomic mass is 9.98. The van der Waals surface area contributed by atoms with Gasteiger partial charge in [-0.05, 0) is 37.1 Å². The predicted octanol–water partition coefficient (Wildman–Crippen LogP) is 2.52. The minimum absolute atomic E-state index is 0.0819. The van der Waals surface area contributed by atoms with Gasteiger partial charge in [0.05, 0.1) is 12.1 Å². The Labute approximate surface area is 127 Å². The number of hydrogen-bond acceptors (Lipinski definition) is 4. The lowest BCUT2D eigenvalue weighted by Crippen LogP contribution is -2.49. The third-order valence-electron chi connectivity index (χ3n) is 4.11. The van der Waals surface area contributed by atoms with E-state index in [2.05, 4.69) is 10.5 Å². The Bertz CT molecular complexity index is 660. The van der Waals surface area contributed by atoms with E-state index in [1.165, 1.54) is 18.2 Å². The molecular formula is C16H17FN2O3. The number of benzene rings is 1. The summed E-state index contributed by atoms with van der Waals surface area (Å²) in [5.74, 6) is -0.310. The van der Waals surface area contributed by atoms with Gasteiger partial charge in [0.15, 0.2) is 11.5 Å². The molecule has 2 aromatic rings. The second kappa shape index (κ2) is 5.88. The minimum atomic E-state index is -0.550. The number of carbonyl (C=O) groups excluding carboxylic acids is 1. The highest BCUT2D eigenvalue weighted by molar-refractivity contribution is 5.93. The molecule has 0 radical (unpaired) electrons. The zero-order valence-electron chi connectivity index (χ0n) is 12.0. The van der Waals surface area contributed by atoms with Crippen LogP contribution in [0, 0.1) is 5.82 Å². The summed E-state index contributed by atoms with van der Waals surface area (Å²) in [6.45, 7) is -0.0819. The zero-order chi connectivity index (χ0) is 15.6. The highest BCUT2D eigenvalue weighted by atomic mass is 19.1. The quantitative estimate of drug-likeness (QED) is 0.910. The molecule has 116 valence electrons. The third kappa shape index (κ3) is 2.87. The molecule has 0 saturated heterocycles. The average Bonchev–Trinajstić information content (AvgIpc) is 3.18. The molecule has 0 aliphatic heterocycles. The van der Waals surface area contributed by atoms with Crippen LogP contribution in [0.25, 0.3) is 11.3 Å². The fraction of sp³-hybridized carbons (Fsp3) is 0.375. The predicted molar refractivity (Wildman–Crippen MR) is 77.6 cm³/mol. The highest BCUT2D eigenvalue weighted by Gasteiger charge is 2.35. The zero-order valence-corrected chi connectivity index (χ0v) is 12.0. The molecule has 5 nitrogen and oxygen atoms in total. The third-order valence-corrected chi connectivity index (χ3v) is 4.11. The Morgan fingerprint density at radius 1 is 1.32 bits per heavy atom. The minimum Gasteiger partial charge on any atom is -0.394 e. The smallest absolute Gasteiger partial charge is 0.273 e. The van der Waals surface area contributed by atoms with Crippen LogP contribution in [0.1, 0.15) is 36.2 Å². The monoisotopic (exact) mass is 304 g/mol. The average molecular weight is 304 g/mol. The van der Waals surface area contributed by atoms with Gasteiger partial charge in [0, 0.05) is 11.6 Å². The van der Waals surface area contributed by atoms with Gasteiger partial charge in [0.25, 0.3) is 5.91 Å². The maximum absolute atomic E-state index is 12.9. The maximum atomic E-state index is 12.9. The molecule has 0 bridgehead atoms. The lowest BCUT2D eigenvalue weighted by molar-refractivity contribution is 0.0829. The molecule has 6 heteroatoms. The van der Waals surface area contributed by atoms with E-state index < -0.39 is 5.54 Å². The summed E-state index contributed by atoms with van der Waals surface area (Å²) in [7, 11) is 0. The summed E-state index contributed by atoms with van der Waals surface area (Å²) in [5, 5.41) is 16.1. The van der Waals surface area contributed by atoms with E-state index in [1.54, 1.807) is 12.1 Å². The van der Waals surface area contributed by atoms with Gasteiger partial charge in [0.1, 0.15) is 5.82 Å². The van der Waals surface area contributed by atoms with Gasteiger partial charge in [-0.1, -0.05) is 18.0 Å². The first-order chi connectivity index (χ1) is 10.6. The molecule has 1 heterocycles. The van der Waals surface area contributed by atoms with Crippen LogP contribution in [0.15, 0.2) is 34.9 Å². The number of aliphatic hydroxyl groups excluding tert-OH is 1. The Kier molecular flexibility index (Phi) is 3.94. The summed E-state index contributed by atoms with van der Waals surface area (Å²) in [6, 6.07) is 7.27. The fourth-order valence-corrected chi connectivity index (χ4v) is 2.81. The number of amides is 1. The van der Waals surface area contributed by atoms with Crippen LogP contribution < -0.4 is 5.32 Å². The number of carbonyl (C=O) groups is 1. The van der Waals surface area contributed by atoms with E-state index >= 15 is 0 Å². The first-order valence-electron chi connectivity index (χ1n) is 7.28. The van der Waals surface area contributed by atoms with Crippen LogP contribution in [0.3, 0.4) is 0 Å². The first-order valence-corrected chi connectivity index (χ1v) is 7.28. The van der Waals surface area contributed by atoms with Crippen molar-refractivity contribution >= 4 is 5.91 Å². The first kappa shape index (κ1) is 14.7. The van der Waals surface area contributed by atoms with Gasteiger partial charge in [-0.25, -0.2) is 4.39 Å². The Morgan fingerprint density at radius 3 is 2.64 bits per heavy atom. The van der Waals surface area contributed by atoms with Crippen molar-refractivity contribution in [1.82, 2.24) is 10.5 Å².